The lowest BCUT2D eigenvalue weighted by Gasteiger charge is -2.15. The lowest BCUT2D eigenvalue weighted by atomic mass is 10.1. The molecule has 0 saturated heterocycles. The highest BCUT2D eigenvalue weighted by atomic mass is 79.9. The van der Waals surface area contributed by atoms with E-state index in [1.54, 1.807) is 11.6 Å². The molecule has 5 nitrogen and oxygen atoms in total. The Hall–Kier alpha value is -1.82. The minimum atomic E-state index is -0.395. The zero-order valence-corrected chi connectivity index (χ0v) is 13.2. The highest BCUT2D eigenvalue weighted by Gasteiger charge is 2.27. The third kappa shape index (κ3) is 2.68. The molecule has 21 heavy (non-hydrogen) atoms. The highest BCUT2D eigenvalue weighted by molar-refractivity contribution is 9.10. The summed E-state index contributed by atoms with van der Waals surface area (Å²) in [5.41, 5.74) is 2.03. The van der Waals surface area contributed by atoms with Crippen LogP contribution in [0, 0.1) is 0 Å². The number of rotatable bonds is 3. The minimum Gasteiger partial charge on any atom is -0.477 e. The van der Waals surface area contributed by atoms with Crippen LogP contribution in [0.3, 0.4) is 0 Å². The first-order valence-electron chi connectivity index (χ1n) is 6.88. The van der Waals surface area contributed by atoms with Crippen LogP contribution in [0.5, 0.6) is 5.88 Å². The number of aromatic nitrogens is 2. The second-order valence-corrected chi connectivity index (χ2v) is 5.61. The molecule has 0 fully saturated rings. The van der Waals surface area contributed by atoms with E-state index in [2.05, 4.69) is 21.0 Å². The van der Waals surface area contributed by atoms with Crippen molar-refractivity contribution in [3.05, 3.63) is 40.0 Å². The number of halogens is 1. The summed E-state index contributed by atoms with van der Waals surface area (Å²) in [7, 11) is 0. The van der Waals surface area contributed by atoms with E-state index >= 15 is 0 Å². The summed E-state index contributed by atoms with van der Waals surface area (Å²) >= 11 is 3.44. The average molecular weight is 351 g/mol. The van der Waals surface area contributed by atoms with Gasteiger partial charge in [-0.1, -0.05) is 22.0 Å². The summed E-state index contributed by atoms with van der Waals surface area (Å²) in [5, 5.41) is 4.42. The van der Waals surface area contributed by atoms with Gasteiger partial charge in [-0.15, -0.1) is 0 Å². The number of carbonyl (C=O) groups excluding carboxylic acids is 1. The number of nitrogens with zero attached hydrogens (tertiary/aromatic N) is 2. The van der Waals surface area contributed by atoms with E-state index in [4.69, 9.17) is 9.47 Å². The first-order valence-corrected chi connectivity index (χ1v) is 7.67. The summed E-state index contributed by atoms with van der Waals surface area (Å²) in [6.07, 6.45) is 1.65. The Bertz CT molecular complexity index is 682. The van der Waals surface area contributed by atoms with Crippen LogP contribution in [-0.2, 0) is 11.2 Å². The molecule has 0 radical (unpaired) electrons. The highest BCUT2D eigenvalue weighted by Crippen LogP contribution is 2.31. The maximum atomic E-state index is 12.1. The van der Waals surface area contributed by atoms with Crippen LogP contribution < -0.4 is 4.74 Å². The fraction of sp³-hybridized carbons (Fsp3) is 0.333. The van der Waals surface area contributed by atoms with Gasteiger partial charge in [0.05, 0.1) is 18.9 Å². The van der Waals surface area contributed by atoms with Crippen LogP contribution >= 0.6 is 15.9 Å². The molecule has 1 aliphatic heterocycles. The van der Waals surface area contributed by atoms with Gasteiger partial charge in [-0.25, -0.2) is 4.79 Å². The van der Waals surface area contributed by atoms with Crippen LogP contribution in [-0.4, -0.2) is 29.0 Å². The molecule has 0 amide bonds. The van der Waals surface area contributed by atoms with Gasteiger partial charge in [0.25, 0.3) is 0 Å². The molecular weight excluding hydrogens is 336 g/mol. The minimum absolute atomic E-state index is 0.332. The summed E-state index contributed by atoms with van der Waals surface area (Å²) < 4.78 is 13.4. The van der Waals surface area contributed by atoms with E-state index in [-0.39, 0.29) is 0 Å². The van der Waals surface area contributed by atoms with Crippen molar-refractivity contribution >= 4 is 21.9 Å². The van der Waals surface area contributed by atoms with E-state index in [0.29, 0.717) is 24.8 Å². The molecule has 0 aliphatic carbocycles. The molecule has 1 aromatic heterocycles. The van der Waals surface area contributed by atoms with Gasteiger partial charge < -0.3 is 9.47 Å². The normalized spacial score (nSPS) is 13.4. The van der Waals surface area contributed by atoms with Crippen molar-refractivity contribution in [1.82, 2.24) is 9.78 Å². The van der Waals surface area contributed by atoms with Gasteiger partial charge in [0.2, 0.25) is 5.88 Å². The number of hydrogen-bond donors (Lipinski definition) is 0. The number of fused-ring (bicyclic) bond motifs is 1. The standard InChI is InChI=1S/C15H15BrN2O3/c1-2-20-15(19)13-12-7-4-8-21-14(12)18(17-13)11-6-3-5-10(16)9-11/h3,5-6,9H,2,4,7-8H2,1H3. The number of benzene rings is 1. The predicted octanol–water partition coefficient (Wildman–Crippen LogP) is 3.14. The molecule has 1 aromatic carbocycles. The summed E-state index contributed by atoms with van der Waals surface area (Å²) in [6.45, 7) is 2.75. The lowest BCUT2D eigenvalue weighted by molar-refractivity contribution is 0.0517. The first kappa shape index (κ1) is 14.1. The second-order valence-electron chi connectivity index (χ2n) is 4.70. The molecule has 0 bridgehead atoms. The van der Waals surface area contributed by atoms with E-state index in [9.17, 15) is 4.79 Å². The van der Waals surface area contributed by atoms with Crippen molar-refractivity contribution in [2.24, 2.45) is 0 Å². The number of ether oxygens (including phenoxy) is 2. The zero-order valence-electron chi connectivity index (χ0n) is 11.6. The average Bonchev–Trinajstić information content (AvgIpc) is 2.87. The van der Waals surface area contributed by atoms with Crippen LogP contribution in [0.25, 0.3) is 5.69 Å². The molecule has 3 rings (SSSR count). The maximum Gasteiger partial charge on any atom is 0.359 e. The van der Waals surface area contributed by atoms with E-state index in [1.165, 1.54) is 0 Å². The lowest BCUT2D eigenvalue weighted by Crippen LogP contribution is -2.12. The van der Waals surface area contributed by atoms with E-state index in [1.807, 2.05) is 24.3 Å². The smallest absolute Gasteiger partial charge is 0.359 e. The Morgan fingerprint density at radius 1 is 1.52 bits per heavy atom. The maximum absolute atomic E-state index is 12.1. The third-order valence-electron chi connectivity index (χ3n) is 3.27. The Labute approximate surface area is 131 Å². The fourth-order valence-corrected chi connectivity index (χ4v) is 2.76. The van der Waals surface area contributed by atoms with Crippen molar-refractivity contribution in [3.63, 3.8) is 0 Å². The Morgan fingerprint density at radius 2 is 2.38 bits per heavy atom. The molecule has 110 valence electrons. The van der Waals surface area contributed by atoms with E-state index in [0.717, 1.165) is 28.6 Å². The third-order valence-corrected chi connectivity index (χ3v) is 3.76. The summed E-state index contributed by atoms with van der Waals surface area (Å²) in [6, 6.07) is 7.71. The largest absolute Gasteiger partial charge is 0.477 e. The molecule has 0 saturated carbocycles. The Balaban J connectivity index is 2.11. The molecule has 2 aromatic rings. The van der Waals surface area contributed by atoms with Gasteiger partial charge in [0, 0.05) is 10.0 Å². The fourth-order valence-electron chi connectivity index (χ4n) is 2.37. The van der Waals surface area contributed by atoms with Crippen molar-refractivity contribution in [2.45, 2.75) is 19.8 Å². The van der Waals surface area contributed by atoms with Crippen LogP contribution in [0.15, 0.2) is 28.7 Å². The Morgan fingerprint density at radius 3 is 3.14 bits per heavy atom. The van der Waals surface area contributed by atoms with Gasteiger partial charge in [-0.2, -0.15) is 9.78 Å². The molecular formula is C15H15BrN2O3. The number of carbonyl (C=O) groups is 1. The van der Waals surface area contributed by atoms with Crippen LogP contribution in [0.2, 0.25) is 0 Å². The first-order chi connectivity index (χ1) is 10.2. The van der Waals surface area contributed by atoms with Crippen molar-refractivity contribution < 1.29 is 14.3 Å². The number of esters is 1. The van der Waals surface area contributed by atoms with Crippen molar-refractivity contribution in [1.29, 1.82) is 0 Å². The second kappa shape index (κ2) is 5.89. The predicted molar refractivity (Wildman–Crippen MR) is 81.0 cm³/mol. The van der Waals surface area contributed by atoms with Crippen LogP contribution in [0.4, 0.5) is 0 Å². The monoisotopic (exact) mass is 350 g/mol. The van der Waals surface area contributed by atoms with Gasteiger partial charge in [-0.3, -0.25) is 0 Å². The summed E-state index contributed by atoms with van der Waals surface area (Å²) in [4.78, 5) is 12.1. The molecule has 6 heteroatoms. The quantitative estimate of drug-likeness (QED) is 0.798. The van der Waals surface area contributed by atoms with Crippen LogP contribution in [0.1, 0.15) is 29.4 Å². The van der Waals surface area contributed by atoms with Crippen molar-refractivity contribution in [3.8, 4) is 11.6 Å². The molecule has 0 atom stereocenters. The van der Waals surface area contributed by atoms with Crippen molar-refractivity contribution in [2.75, 3.05) is 13.2 Å². The van der Waals surface area contributed by atoms with Gasteiger partial charge in [-0.05, 0) is 38.0 Å². The molecule has 0 N–H and O–H groups in total. The SMILES string of the molecule is CCOC(=O)c1nn(-c2cccc(Br)c2)c2c1CCCO2. The van der Waals surface area contributed by atoms with Gasteiger partial charge in [0.1, 0.15) is 0 Å². The molecule has 2 heterocycles. The topological polar surface area (TPSA) is 53.3 Å². The van der Waals surface area contributed by atoms with E-state index < -0.39 is 5.97 Å². The molecule has 1 aliphatic rings. The van der Waals surface area contributed by atoms with Gasteiger partial charge >= 0.3 is 5.97 Å². The molecule has 0 spiro atoms. The zero-order chi connectivity index (χ0) is 14.8. The molecule has 0 unspecified atom stereocenters. The summed E-state index contributed by atoms with van der Waals surface area (Å²) in [5.74, 6) is 0.246. The number of hydrogen-bond acceptors (Lipinski definition) is 4. The van der Waals surface area contributed by atoms with Gasteiger partial charge in [0.15, 0.2) is 5.69 Å². The Kier molecular flexibility index (Phi) is 3.96.